The first-order valence-corrected chi connectivity index (χ1v) is 11.7. The van der Waals surface area contributed by atoms with Crippen LogP contribution < -0.4 is 0 Å². The summed E-state index contributed by atoms with van der Waals surface area (Å²) in [6.45, 7) is 6.48. The number of pyridine rings is 1. The first-order chi connectivity index (χ1) is 14.8. The highest BCUT2D eigenvalue weighted by molar-refractivity contribution is 5.61. The van der Waals surface area contributed by atoms with E-state index >= 15 is 0 Å². The van der Waals surface area contributed by atoms with Gasteiger partial charge < -0.3 is 4.90 Å². The SMILES string of the molecule is CC(C)n1nc(-c2cnc3c(c2)C(C(F)(F)F)CC3)cc1C1CCN(C2CCC2)CC1. The molecule has 1 saturated carbocycles. The Labute approximate surface area is 181 Å². The summed E-state index contributed by atoms with van der Waals surface area (Å²) < 4.78 is 42.4. The van der Waals surface area contributed by atoms with Crippen molar-refractivity contribution in [2.24, 2.45) is 0 Å². The van der Waals surface area contributed by atoms with Crippen LogP contribution in [0.25, 0.3) is 11.3 Å². The van der Waals surface area contributed by atoms with Gasteiger partial charge in [-0.1, -0.05) is 6.42 Å². The predicted octanol–water partition coefficient (Wildman–Crippen LogP) is 5.85. The van der Waals surface area contributed by atoms with Gasteiger partial charge in [0.25, 0.3) is 0 Å². The number of rotatable bonds is 4. The van der Waals surface area contributed by atoms with Crippen LogP contribution in [0.2, 0.25) is 0 Å². The zero-order valence-electron chi connectivity index (χ0n) is 18.3. The molecule has 1 saturated heterocycles. The quantitative estimate of drug-likeness (QED) is 0.608. The predicted molar refractivity (Wildman–Crippen MR) is 114 cm³/mol. The lowest BCUT2D eigenvalue weighted by Crippen LogP contribution is -2.44. The molecule has 4 nitrogen and oxygen atoms in total. The van der Waals surface area contributed by atoms with Crippen molar-refractivity contribution in [1.82, 2.24) is 19.7 Å². The van der Waals surface area contributed by atoms with Gasteiger partial charge in [-0.3, -0.25) is 9.67 Å². The molecule has 2 fully saturated rings. The van der Waals surface area contributed by atoms with E-state index < -0.39 is 12.1 Å². The standard InChI is InChI=1S/C24H31F3N4/c1-15(2)31-23(16-8-10-30(11-9-16)18-4-3-5-18)13-22(29-31)17-12-19-20(24(25,26)27)6-7-21(19)28-14-17/h12-16,18,20H,3-11H2,1-2H3. The third-order valence-electron chi connectivity index (χ3n) is 7.53. The Balaban J connectivity index is 1.41. The van der Waals surface area contributed by atoms with Crippen LogP contribution in [0.15, 0.2) is 18.3 Å². The lowest BCUT2D eigenvalue weighted by molar-refractivity contribution is -0.149. The van der Waals surface area contributed by atoms with E-state index in [0.29, 0.717) is 29.2 Å². The summed E-state index contributed by atoms with van der Waals surface area (Å²) >= 11 is 0. The molecular weight excluding hydrogens is 401 g/mol. The van der Waals surface area contributed by atoms with E-state index in [0.717, 1.165) is 37.7 Å². The fraction of sp³-hybridized carbons (Fsp3) is 0.667. The smallest absolute Gasteiger partial charge is 0.300 e. The maximum absolute atomic E-state index is 13.5. The summed E-state index contributed by atoms with van der Waals surface area (Å²) in [5, 5.41) is 4.83. The van der Waals surface area contributed by atoms with E-state index in [2.05, 4.69) is 34.5 Å². The number of fused-ring (bicyclic) bond motifs is 1. The van der Waals surface area contributed by atoms with Gasteiger partial charge in [-0.2, -0.15) is 18.3 Å². The minimum atomic E-state index is -4.22. The minimum Gasteiger partial charge on any atom is -0.300 e. The van der Waals surface area contributed by atoms with Gasteiger partial charge in [-0.25, -0.2) is 0 Å². The van der Waals surface area contributed by atoms with Crippen LogP contribution >= 0.6 is 0 Å². The van der Waals surface area contributed by atoms with Crippen molar-refractivity contribution in [1.29, 1.82) is 0 Å². The molecule has 0 radical (unpaired) electrons. The molecule has 5 rings (SSSR count). The molecule has 0 spiro atoms. The number of hydrogen-bond acceptors (Lipinski definition) is 3. The van der Waals surface area contributed by atoms with Crippen LogP contribution in [0.4, 0.5) is 13.2 Å². The first-order valence-electron chi connectivity index (χ1n) is 11.7. The highest BCUT2D eigenvalue weighted by Crippen LogP contribution is 2.45. The largest absolute Gasteiger partial charge is 0.395 e. The Morgan fingerprint density at radius 3 is 2.39 bits per heavy atom. The molecule has 2 aromatic rings. The fourth-order valence-electron chi connectivity index (χ4n) is 5.52. The Kier molecular flexibility index (Phi) is 5.35. The van der Waals surface area contributed by atoms with E-state index in [4.69, 9.17) is 5.10 Å². The first kappa shape index (κ1) is 21.0. The van der Waals surface area contributed by atoms with Crippen molar-refractivity contribution in [2.75, 3.05) is 13.1 Å². The number of alkyl halides is 3. The summed E-state index contributed by atoms with van der Waals surface area (Å²) in [5.74, 6) is -0.956. The number of likely N-dealkylation sites (tertiary alicyclic amines) is 1. The maximum Gasteiger partial charge on any atom is 0.395 e. The molecule has 1 aliphatic heterocycles. The molecule has 0 N–H and O–H groups in total. The molecular formula is C24H31F3N4. The second-order valence-electron chi connectivity index (χ2n) is 9.78. The minimum absolute atomic E-state index is 0.0978. The average molecular weight is 433 g/mol. The lowest BCUT2D eigenvalue weighted by Gasteiger charge is -2.41. The number of piperidine rings is 1. The number of nitrogens with zero attached hydrogens (tertiary/aromatic N) is 4. The van der Waals surface area contributed by atoms with Gasteiger partial charge in [0.2, 0.25) is 0 Å². The Morgan fingerprint density at radius 1 is 1.03 bits per heavy atom. The maximum atomic E-state index is 13.5. The van der Waals surface area contributed by atoms with Crippen molar-refractivity contribution < 1.29 is 13.2 Å². The number of aromatic nitrogens is 3. The fourth-order valence-corrected chi connectivity index (χ4v) is 5.52. The van der Waals surface area contributed by atoms with Gasteiger partial charge >= 0.3 is 6.18 Å². The van der Waals surface area contributed by atoms with E-state index in [1.807, 2.05) is 0 Å². The highest BCUT2D eigenvalue weighted by atomic mass is 19.4. The van der Waals surface area contributed by atoms with E-state index in [9.17, 15) is 13.2 Å². The van der Waals surface area contributed by atoms with Crippen molar-refractivity contribution in [3.63, 3.8) is 0 Å². The van der Waals surface area contributed by atoms with E-state index in [1.165, 1.54) is 25.0 Å². The van der Waals surface area contributed by atoms with Gasteiger partial charge in [0.15, 0.2) is 0 Å². The summed E-state index contributed by atoms with van der Waals surface area (Å²) in [6.07, 6.45) is 4.24. The average Bonchev–Trinajstić information content (AvgIpc) is 3.31. The van der Waals surface area contributed by atoms with Crippen LogP contribution in [-0.2, 0) is 6.42 Å². The van der Waals surface area contributed by atoms with Crippen LogP contribution in [0.5, 0.6) is 0 Å². The molecule has 31 heavy (non-hydrogen) atoms. The van der Waals surface area contributed by atoms with Gasteiger partial charge in [0.1, 0.15) is 0 Å². The van der Waals surface area contributed by atoms with Gasteiger partial charge in [0.05, 0.1) is 11.6 Å². The zero-order chi connectivity index (χ0) is 21.8. The van der Waals surface area contributed by atoms with Crippen LogP contribution in [0.1, 0.15) is 87.2 Å². The molecule has 2 aliphatic carbocycles. The molecule has 7 heteroatoms. The van der Waals surface area contributed by atoms with Gasteiger partial charge in [-0.15, -0.1) is 0 Å². The number of halogens is 3. The molecule has 1 unspecified atom stereocenters. The van der Waals surface area contributed by atoms with Gasteiger partial charge in [0, 0.05) is 41.1 Å². The second kappa shape index (κ2) is 7.91. The molecule has 0 amide bonds. The molecule has 0 aromatic carbocycles. The van der Waals surface area contributed by atoms with Crippen LogP contribution in [0, 0.1) is 0 Å². The Bertz CT molecular complexity index is 937. The third kappa shape index (κ3) is 3.90. The molecule has 3 heterocycles. The summed E-state index contributed by atoms with van der Waals surface area (Å²) in [7, 11) is 0. The third-order valence-corrected chi connectivity index (χ3v) is 7.53. The van der Waals surface area contributed by atoms with Crippen molar-refractivity contribution in [3.05, 3.63) is 35.3 Å². The Hall–Kier alpha value is -1.89. The molecule has 168 valence electrons. The molecule has 1 atom stereocenters. The Morgan fingerprint density at radius 2 is 1.77 bits per heavy atom. The summed E-state index contributed by atoms with van der Waals surface area (Å²) in [5.41, 5.74) is 3.57. The van der Waals surface area contributed by atoms with E-state index in [1.54, 1.807) is 12.3 Å². The van der Waals surface area contributed by atoms with Gasteiger partial charge in [-0.05, 0) is 83.2 Å². The normalized spacial score (nSPS) is 23.4. The van der Waals surface area contributed by atoms with Crippen molar-refractivity contribution in [2.45, 2.75) is 88.9 Å². The molecule has 0 bridgehead atoms. The molecule has 2 aromatic heterocycles. The second-order valence-corrected chi connectivity index (χ2v) is 9.78. The summed E-state index contributed by atoms with van der Waals surface area (Å²) in [4.78, 5) is 7.02. The van der Waals surface area contributed by atoms with Crippen molar-refractivity contribution >= 4 is 0 Å². The number of aryl methyl sites for hydroxylation is 1. The number of hydrogen-bond donors (Lipinski definition) is 0. The van der Waals surface area contributed by atoms with Crippen LogP contribution in [-0.4, -0.2) is 45.0 Å². The zero-order valence-corrected chi connectivity index (χ0v) is 18.3. The topological polar surface area (TPSA) is 34.0 Å². The van der Waals surface area contributed by atoms with Crippen LogP contribution in [0.3, 0.4) is 0 Å². The highest BCUT2D eigenvalue weighted by Gasteiger charge is 2.44. The van der Waals surface area contributed by atoms with Crippen molar-refractivity contribution in [3.8, 4) is 11.3 Å². The summed E-state index contributed by atoms with van der Waals surface area (Å²) in [6, 6.07) is 4.78. The van der Waals surface area contributed by atoms with E-state index in [-0.39, 0.29) is 12.5 Å². The molecule has 3 aliphatic rings. The lowest BCUT2D eigenvalue weighted by atomic mass is 9.86. The monoisotopic (exact) mass is 432 g/mol.